The van der Waals surface area contributed by atoms with E-state index in [1.165, 1.54) is 0 Å². The molecular formula is C9H10N2O. The lowest BCUT2D eigenvalue weighted by atomic mass is 10.3. The van der Waals surface area contributed by atoms with Gasteiger partial charge in [-0.05, 0) is 13.0 Å². The molecule has 0 unspecified atom stereocenters. The Labute approximate surface area is 70.7 Å². The molecule has 2 aromatic heterocycles. The van der Waals surface area contributed by atoms with Crippen molar-refractivity contribution in [2.24, 2.45) is 0 Å². The molecule has 0 N–H and O–H groups in total. The highest BCUT2D eigenvalue weighted by atomic mass is 16.3. The van der Waals surface area contributed by atoms with Gasteiger partial charge >= 0.3 is 0 Å². The molecule has 0 fully saturated rings. The minimum absolute atomic E-state index is 0.836. The van der Waals surface area contributed by atoms with Crippen LogP contribution < -0.4 is 0 Å². The molecule has 2 rings (SSSR count). The second-order valence-electron chi connectivity index (χ2n) is 2.73. The number of imidazole rings is 1. The summed E-state index contributed by atoms with van der Waals surface area (Å²) in [5.74, 6) is 1.02. The van der Waals surface area contributed by atoms with Crippen LogP contribution in [0.2, 0.25) is 0 Å². The highest BCUT2D eigenvalue weighted by Gasteiger charge is 1.98. The van der Waals surface area contributed by atoms with E-state index in [1.807, 2.05) is 19.2 Å². The van der Waals surface area contributed by atoms with Gasteiger partial charge < -0.3 is 8.98 Å². The zero-order valence-corrected chi connectivity index (χ0v) is 6.90. The summed E-state index contributed by atoms with van der Waals surface area (Å²) in [4.78, 5) is 4.13. The lowest BCUT2D eigenvalue weighted by molar-refractivity contribution is 0.561. The first-order valence-corrected chi connectivity index (χ1v) is 3.85. The molecule has 0 atom stereocenters. The molecule has 0 radical (unpaired) electrons. The molecule has 12 heavy (non-hydrogen) atoms. The molecule has 0 saturated heterocycles. The van der Waals surface area contributed by atoms with Gasteiger partial charge in [0.1, 0.15) is 5.82 Å². The van der Waals surface area contributed by atoms with Crippen molar-refractivity contribution in [1.29, 1.82) is 0 Å². The predicted octanol–water partition coefficient (Wildman–Crippen LogP) is 1.83. The SMILES string of the molecule is Cc1nccn1Cc1ccoc1. The van der Waals surface area contributed by atoms with Crippen molar-refractivity contribution in [2.45, 2.75) is 13.5 Å². The van der Waals surface area contributed by atoms with Crippen molar-refractivity contribution in [3.63, 3.8) is 0 Å². The second-order valence-corrected chi connectivity index (χ2v) is 2.73. The molecule has 0 aliphatic rings. The minimum Gasteiger partial charge on any atom is -0.472 e. The summed E-state index contributed by atoms with van der Waals surface area (Å²) in [6, 6.07) is 1.96. The summed E-state index contributed by atoms with van der Waals surface area (Å²) in [6.07, 6.45) is 7.19. The van der Waals surface area contributed by atoms with E-state index in [1.54, 1.807) is 18.7 Å². The largest absolute Gasteiger partial charge is 0.472 e. The van der Waals surface area contributed by atoms with E-state index in [0.717, 1.165) is 17.9 Å². The average molecular weight is 162 g/mol. The molecule has 3 nitrogen and oxygen atoms in total. The lowest BCUT2D eigenvalue weighted by Gasteiger charge is -2.00. The van der Waals surface area contributed by atoms with Gasteiger partial charge in [0.2, 0.25) is 0 Å². The van der Waals surface area contributed by atoms with Gasteiger partial charge in [-0.3, -0.25) is 0 Å². The standard InChI is InChI=1S/C9H10N2O/c1-8-10-3-4-11(8)6-9-2-5-12-7-9/h2-5,7H,6H2,1H3. The zero-order chi connectivity index (χ0) is 8.39. The molecule has 62 valence electrons. The maximum Gasteiger partial charge on any atom is 0.105 e. The Balaban J connectivity index is 2.20. The zero-order valence-electron chi connectivity index (χ0n) is 6.90. The van der Waals surface area contributed by atoms with Crippen LogP contribution in [0, 0.1) is 6.92 Å². The molecule has 2 heterocycles. The first-order valence-electron chi connectivity index (χ1n) is 3.85. The predicted molar refractivity (Wildman–Crippen MR) is 44.8 cm³/mol. The van der Waals surface area contributed by atoms with E-state index < -0.39 is 0 Å². The molecule has 3 heteroatoms. The van der Waals surface area contributed by atoms with Gasteiger partial charge in [-0.2, -0.15) is 0 Å². The molecule has 0 saturated carbocycles. The molecule has 0 amide bonds. The number of aromatic nitrogens is 2. The number of hydrogen-bond acceptors (Lipinski definition) is 2. The number of aryl methyl sites for hydroxylation is 1. The van der Waals surface area contributed by atoms with Crippen LogP contribution in [-0.4, -0.2) is 9.55 Å². The Morgan fingerprint density at radius 3 is 3.08 bits per heavy atom. The highest BCUT2D eigenvalue weighted by Crippen LogP contribution is 2.04. The maximum absolute atomic E-state index is 4.97. The Hall–Kier alpha value is -1.51. The van der Waals surface area contributed by atoms with Crippen LogP contribution in [0.3, 0.4) is 0 Å². The van der Waals surface area contributed by atoms with Crippen LogP contribution in [0.15, 0.2) is 35.4 Å². The lowest BCUT2D eigenvalue weighted by Crippen LogP contribution is -1.98. The van der Waals surface area contributed by atoms with E-state index in [-0.39, 0.29) is 0 Å². The molecule has 0 aliphatic heterocycles. The average Bonchev–Trinajstić information content (AvgIpc) is 2.65. The first-order chi connectivity index (χ1) is 5.86. The van der Waals surface area contributed by atoms with Gasteiger partial charge in [-0.1, -0.05) is 0 Å². The van der Waals surface area contributed by atoms with Crippen LogP contribution in [-0.2, 0) is 6.54 Å². The van der Waals surface area contributed by atoms with Crippen molar-refractivity contribution in [3.05, 3.63) is 42.4 Å². The van der Waals surface area contributed by atoms with E-state index >= 15 is 0 Å². The second kappa shape index (κ2) is 2.85. The Morgan fingerprint density at radius 1 is 1.58 bits per heavy atom. The summed E-state index contributed by atoms with van der Waals surface area (Å²) >= 11 is 0. The number of hydrogen-bond donors (Lipinski definition) is 0. The monoisotopic (exact) mass is 162 g/mol. The Morgan fingerprint density at radius 2 is 2.50 bits per heavy atom. The molecule has 0 bridgehead atoms. The summed E-state index contributed by atoms with van der Waals surface area (Å²) in [5.41, 5.74) is 1.16. The van der Waals surface area contributed by atoms with Crippen molar-refractivity contribution in [3.8, 4) is 0 Å². The highest BCUT2D eigenvalue weighted by molar-refractivity contribution is 5.07. The third-order valence-electron chi connectivity index (χ3n) is 1.86. The fourth-order valence-electron chi connectivity index (χ4n) is 1.15. The number of furan rings is 1. The Bertz CT molecular complexity index is 348. The van der Waals surface area contributed by atoms with Crippen LogP contribution in [0.25, 0.3) is 0 Å². The topological polar surface area (TPSA) is 31.0 Å². The third kappa shape index (κ3) is 1.25. The summed E-state index contributed by atoms with van der Waals surface area (Å²) in [5, 5.41) is 0. The van der Waals surface area contributed by atoms with Crippen molar-refractivity contribution < 1.29 is 4.42 Å². The molecular weight excluding hydrogens is 152 g/mol. The van der Waals surface area contributed by atoms with Crippen LogP contribution in [0.1, 0.15) is 11.4 Å². The molecule has 0 aliphatic carbocycles. The van der Waals surface area contributed by atoms with Gasteiger partial charge in [-0.15, -0.1) is 0 Å². The quantitative estimate of drug-likeness (QED) is 0.674. The first kappa shape index (κ1) is 7.16. The van der Waals surface area contributed by atoms with Gasteiger partial charge in [0.25, 0.3) is 0 Å². The molecule has 2 aromatic rings. The van der Waals surface area contributed by atoms with Crippen LogP contribution in [0.4, 0.5) is 0 Å². The van der Waals surface area contributed by atoms with Crippen molar-refractivity contribution in [2.75, 3.05) is 0 Å². The van der Waals surface area contributed by atoms with Crippen molar-refractivity contribution >= 4 is 0 Å². The molecule has 0 spiro atoms. The normalized spacial score (nSPS) is 10.4. The maximum atomic E-state index is 4.97. The van der Waals surface area contributed by atoms with E-state index in [9.17, 15) is 0 Å². The third-order valence-corrected chi connectivity index (χ3v) is 1.86. The van der Waals surface area contributed by atoms with Gasteiger partial charge in [0.05, 0.1) is 19.1 Å². The van der Waals surface area contributed by atoms with Crippen LogP contribution in [0.5, 0.6) is 0 Å². The number of rotatable bonds is 2. The summed E-state index contributed by atoms with van der Waals surface area (Å²) in [6.45, 7) is 2.82. The van der Waals surface area contributed by atoms with E-state index in [0.29, 0.717) is 0 Å². The van der Waals surface area contributed by atoms with E-state index in [4.69, 9.17) is 4.42 Å². The van der Waals surface area contributed by atoms with E-state index in [2.05, 4.69) is 9.55 Å². The fraction of sp³-hybridized carbons (Fsp3) is 0.222. The summed E-state index contributed by atoms with van der Waals surface area (Å²) < 4.78 is 7.04. The number of nitrogens with zero attached hydrogens (tertiary/aromatic N) is 2. The van der Waals surface area contributed by atoms with Gasteiger partial charge in [0.15, 0.2) is 0 Å². The smallest absolute Gasteiger partial charge is 0.105 e. The fourth-order valence-corrected chi connectivity index (χ4v) is 1.15. The van der Waals surface area contributed by atoms with Crippen LogP contribution >= 0.6 is 0 Å². The van der Waals surface area contributed by atoms with Gasteiger partial charge in [-0.25, -0.2) is 4.98 Å². The molecule has 0 aromatic carbocycles. The Kier molecular flexibility index (Phi) is 1.70. The summed E-state index contributed by atoms with van der Waals surface area (Å²) in [7, 11) is 0. The van der Waals surface area contributed by atoms with Gasteiger partial charge in [0, 0.05) is 18.0 Å². The minimum atomic E-state index is 0.836. The van der Waals surface area contributed by atoms with Crippen molar-refractivity contribution in [1.82, 2.24) is 9.55 Å².